The fourth-order valence-corrected chi connectivity index (χ4v) is 3.32. The molecule has 29 heavy (non-hydrogen) atoms. The van der Waals surface area contributed by atoms with Crippen molar-refractivity contribution in [3.05, 3.63) is 59.2 Å². The predicted octanol–water partition coefficient (Wildman–Crippen LogP) is 4.41. The number of hydrogen-bond acceptors (Lipinski definition) is 2. The Labute approximate surface area is 170 Å². The van der Waals surface area contributed by atoms with Crippen LogP contribution < -0.4 is 10.6 Å². The summed E-state index contributed by atoms with van der Waals surface area (Å²) in [6.07, 6.45) is 4.92. The highest BCUT2D eigenvalue weighted by molar-refractivity contribution is 6.01. The number of amides is 2. The van der Waals surface area contributed by atoms with Crippen LogP contribution in [-0.4, -0.2) is 30.8 Å². The van der Waals surface area contributed by atoms with Crippen LogP contribution in [0.25, 0.3) is 11.6 Å². The van der Waals surface area contributed by atoms with Crippen molar-refractivity contribution >= 4 is 23.5 Å². The average Bonchev–Trinajstić information content (AvgIpc) is 2.67. The highest BCUT2D eigenvalue weighted by Crippen LogP contribution is 2.37. The minimum absolute atomic E-state index is 0.151. The molecule has 0 saturated heterocycles. The number of carbonyl (C=O) groups excluding carboxylic acids is 2. The van der Waals surface area contributed by atoms with E-state index >= 15 is 0 Å². The van der Waals surface area contributed by atoms with E-state index in [9.17, 15) is 18.4 Å². The van der Waals surface area contributed by atoms with Gasteiger partial charge in [-0.05, 0) is 48.6 Å². The van der Waals surface area contributed by atoms with Gasteiger partial charge in [-0.2, -0.15) is 0 Å². The molecular weight excluding hydrogens is 374 g/mol. The molecule has 1 aliphatic rings. The molecule has 0 spiro atoms. The normalized spacial score (nSPS) is 17.1. The van der Waals surface area contributed by atoms with Gasteiger partial charge in [0.15, 0.2) is 0 Å². The van der Waals surface area contributed by atoms with Gasteiger partial charge in [0.05, 0.1) is 0 Å². The third-order valence-electron chi connectivity index (χ3n) is 5.07. The molecule has 0 saturated carbocycles. The summed E-state index contributed by atoms with van der Waals surface area (Å²) in [7, 11) is 1.55. The zero-order chi connectivity index (χ0) is 21.6. The Morgan fingerprint density at radius 2 is 2.07 bits per heavy atom. The number of halogens is 2. The third kappa shape index (κ3) is 6.11. The van der Waals surface area contributed by atoms with E-state index < -0.39 is 5.92 Å². The van der Waals surface area contributed by atoms with Crippen LogP contribution in [0.15, 0.2) is 42.5 Å². The van der Waals surface area contributed by atoms with Gasteiger partial charge in [-0.1, -0.05) is 36.9 Å². The van der Waals surface area contributed by atoms with Crippen LogP contribution in [-0.2, 0) is 9.59 Å². The molecule has 2 rings (SSSR count). The Hall–Kier alpha value is -2.76. The van der Waals surface area contributed by atoms with E-state index in [1.165, 1.54) is 6.08 Å². The zero-order valence-corrected chi connectivity index (χ0v) is 17.1. The quantitative estimate of drug-likeness (QED) is 0.524. The van der Waals surface area contributed by atoms with Crippen molar-refractivity contribution < 1.29 is 18.4 Å². The summed E-state index contributed by atoms with van der Waals surface area (Å²) in [5.41, 5.74) is 3.95. The Morgan fingerprint density at radius 1 is 1.34 bits per heavy atom. The molecule has 0 aromatic heterocycles. The lowest BCUT2D eigenvalue weighted by Crippen LogP contribution is -2.37. The molecular formula is C23H28F2N2O2. The first-order chi connectivity index (χ1) is 13.7. The minimum atomic E-state index is -2.63. The van der Waals surface area contributed by atoms with E-state index in [0.717, 1.165) is 22.3 Å². The number of carbonyl (C=O) groups is 2. The van der Waals surface area contributed by atoms with Crippen molar-refractivity contribution in [3.8, 4) is 0 Å². The molecule has 2 amide bonds. The van der Waals surface area contributed by atoms with Crippen molar-refractivity contribution in [1.82, 2.24) is 10.6 Å². The molecule has 1 atom stereocenters. The number of nitrogens with one attached hydrogen (secondary N) is 2. The summed E-state index contributed by atoms with van der Waals surface area (Å²) in [4.78, 5) is 24.0. The van der Waals surface area contributed by atoms with E-state index in [-0.39, 0.29) is 37.1 Å². The second-order valence-corrected chi connectivity index (χ2v) is 7.36. The largest absolute Gasteiger partial charge is 0.359 e. The third-order valence-corrected chi connectivity index (χ3v) is 5.07. The maximum absolute atomic E-state index is 13.5. The molecule has 156 valence electrons. The highest BCUT2D eigenvalue weighted by Gasteiger charge is 2.31. The predicted molar refractivity (Wildman–Crippen MR) is 112 cm³/mol. The SMILES string of the molecule is C=C/C(=C\c1cccc(C2=CCC(F)(F)CC2)c1C)C(=O)N[C@H](C)CC(=O)NC. The summed E-state index contributed by atoms with van der Waals surface area (Å²) in [6, 6.07) is 5.32. The van der Waals surface area contributed by atoms with Gasteiger partial charge < -0.3 is 10.6 Å². The molecule has 0 radical (unpaired) electrons. The summed E-state index contributed by atoms with van der Waals surface area (Å²) < 4.78 is 26.9. The standard InChI is InChI=1S/C23H28F2N2O2/c1-5-17(22(29)27-15(2)13-21(28)26-4)14-19-7-6-8-20(16(19)3)18-9-11-23(24,25)12-10-18/h5-9,14-15H,1,10-13H2,2-4H3,(H,26,28)(H,27,29)/b17-14+/t15-/m1/s1. The van der Waals surface area contributed by atoms with Crippen molar-refractivity contribution in [2.45, 2.75) is 51.5 Å². The molecule has 0 fully saturated rings. The molecule has 1 aromatic rings. The van der Waals surface area contributed by atoms with Gasteiger partial charge in [-0.25, -0.2) is 8.78 Å². The molecule has 0 heterocycles. The van der Waals surface area contributed by atoms with Crippen molar-refractivity contribution in [2.24, 2.45) is 0 Å². The van der Waals surface area contributed by atoms with E-state index in [4.69, 9.17) is 0 Å². The Kier molecular flexibility index (Phi) is 7.48. The second-order valence-electron chi connectivity index (χ2n) is 7.36. The lowest BCUT2D eigenvalue weighted by Gasteiger charge is -2.23. The molecule has 1 aromatic carbocycles. The van der Waals surface area contributed by atoms with Crippen LogP contribution in [0, 0.1) is 6.92 Å². The zero-order valence-electron chi connectivity index (χ0n) is 17.1. The number of rotatable bonds is 7. The number of hydrogen-bond donors (Lipinski definition) is 2. The molecule has 4 nitrogen and oxygen atoms in total. The lowest BCUT2D eigenvalue weighted by molar-refractivity contribution is -0.121. The summed E-state index contributed by atoms with van der Waals surface area (Å²) >= 11 is 0. The van der Waals surface area contributed by atoms with Gasteiger partial charge in [0.2, 0.25) is 5.91 Å². The first-order valence-electron chi connectivity index (χ1n) is 9.69. The minimum Gasteiger partial charge on any atom is -0.359 e. The fraction of sp³-hybridized carbons (Fsp3) is 0.391. The van der Waals surface area contributed by atoms with E-state index in [0.29, 0.717) is 12.0 Å². The molecule has 0 unspecified atom stereocenters. The molecule has 6 heteroatoms. The number of alkyl halides is 2. The summed E-state index contributed by atoms with van der Waals surface area (Å²) in [6.45, 7) is 7.39. The molecule has 0 bridgehead atoms. The maximum Gasteiger partial charge on any atom is 0.251 e. The molecule has 0 aliphatic heterocycles. The van der Waals surface area contributed by atoms with Crippen LogP contribution in [0.3, 0.4) is 0 Å². The monoisotopic (exact) mass is 402 g/mol. The Balaban J connectivity index is 2.23. The number of benzene rings is 1. The van der Waals surface area contributed by atoms with Gasteiger partial charge in [0.25, 0.3) is 11.8 Å². The van der Waals surface area contributed by atoms with Crippen LogP contribution >= 0.6 is 0 Å². The van der Waals surface area contributed by atoms with Crippen molar-refractivity contribution in [1.29, 1.82) is 0 Å². The molecule has 1 aliphatic carbocycles. The van der Waals surface area contributed by atoms with E-state index in [1.807, 2.05) is 25.1 Å². The first kappa shape index (κ1) is 22.5. The summed E-state index contributed by atoms with van der Waals surface area (Å²) in [5, 5.41) is 5.31. The van der Waals surface area contributed by atoms with Crippen molar-refractivity contribution in [3.63, 3.8) is 0 Å². The van der Waals surface area contributed by atoms with Gasteiger partial charge >= 0.3 is 0 Å². The Bertz CT molecular complexity index is 856. The highest BCUT2D eigenvalue weighted by atomic mass is 19.3. The van der Waals surface area contributed by atoms with E-state index in [1.54, 1.807) is 26.1 Å². The Morgan fingerprint density at radius 3 is 2.66 bits per heavy atom. The fourth-order valence-electron chi connectivity index (χ4n) is 3.32. The van der Waals surface area contributed by atoms with Crippen molar-refractivity contribution in [2.75, 3.05) is 7.05 Å². The van der Waals surface area contributed by atoms with Crippen LogP contribution in [0.4, 0.5) is 8.78 Å². The topological polar surface area (TPSA) is 58.2 Å². The first-order valence-corrected chi connectivity index (χ1v) is 9.69. The van der Waals surface area contributed by atoms with Crippen LogP contribution in [0.2, 0.25) is 0 Å². The van der Waals surface area contributed by atoms with Crippen LogP contribution in [0.1, 0.15) is 49.3 Å². The van der Waals surface area contributed by atoms with Gasteiger partial charge in [-0.15, -0.1) is 0 Å². The maximum atomic E-state index is 13.5. The van der Waals surface area contributed by atoms with Gasteiger partial charge in [0.1, 0.15) is 0 Å². The van der Waals surface area contributed by atoms with Gasteiger partial charge in [-0.3, -0.25) is 9.59 Å². The number of allylic oxidation sites excluding steroid dienone is 2. The second kappa shape index (κ2) is 9.63. The molecule has 2 N–H and O–H groups in total. The average molecular weight is 402 g/mol. The lowest BCUT2D eigenvalue weighted by atomic mass is 9.87. The van der Waals surface area contributed by atoms with Crippen LogP contribution in [0.5, 0.6) is 0 Å². The van der Waals surface area contributed by atoms with Gasteiger partial charge in [0, 0.05) is 37.9 Å². The summed E-state index contributed by atoms with van der Waals surface area (Å²) in [5.74, 6) is -3.11. The smallest absolute Gasteiger partial charge is 0.251 e. The van der Waals surface area contributed by atoms with E-state index in [2.05, 4.69) is 17.2 Å².